The van der Waals surface area contributed by atoms with Gasteiger partial charge in [-0.2, -0.15) is 0 Å². The van der Waals surface area contributed by atoms with Gasteiger partial charge < -0.3 is 9.64 Å². The Morgan fingerprint density at radius 2 is 2.04 bits per heavy atom. The number of halogens is 2. The summed E-state index contributed by atoms with van der Waals surface area (Å²) in [5.74, 6) is -1.000. The molecule has 1 heterocycles. The summed E-state index contributed by atoms with van der Waals surface area (Å²) in [4.78, 5) is 26.3. The van der Waals surface area contributed by atoms with E-state index in [4.69, 9.17) is 16.3 Å². The van der Waals surface area contributed by atoms with Crippen molar-refractivity contribution in [1.29, 1.82) is 0 Å². The highest BCUT2D eigenvalue weighted by Crippen LogP contribution is 2.24. The molecule has 1 atom stereocenters. The highest BCUT2D eigenvalue weighted by Gasteiger charge is 2.31. The molecule has 0 bridgehead atoms. The summed E-state index contributed by atoms with van der Waals surface area (Å²) in [6, 6.07) is 3.95. The largest absolute Gasteiger partial charge is 0.444 e. The molecule has 1 unspecified atom stereocenters. The minimum atomic E-state index is -0.571. The lowest BCUT2D eigenvalue weighted by molar-refractivity contribution is 0.0172. The molecule has 1 saturated heterocycles. The van der Waals surface area contributed by atoms with E-state index in [1.165, 1.54) is 18.2 Å². The van der Waals surface area contributed by atoms with E-state index < -0.39 is 17.5 Å². The first-order chi connectivity index (χ1) is 10.7. The van der Waals surface area contributed by atoms with E-state index in [-0.39, 0.29) is 16.7 Å². The fourth-order valence-electron chi connectivity index (χ4n) is 2.57. The number of carbonyl (C=O) groups excluding carboxylic acids is 2. The molecule has 0 saturated carbocycles. The number of piperidine rings is 1. The zero-order chi connectivity index (χ0) is 17.2. The molecule has 4 nitrogen and oxygen atoms in total. The van der Waals surface area contributed by atoms with E-state index >= 15 is 0 Å². The van der Waals surface area contributed by atoms with Gasteiger partial charge in [-0.3, -0.25) is 4.79 Å². The minimum Gasteiger partial charge on any atom is -0.444 e. The predicted molar refractivity (Wildman–Crippen MR) is 86.3 cm³/mol. The molecule has 1 amide bonds. The predicted octanol–water partition coefficient (Wildman–Crippen LogP) is 4.31. The Hall–Kier alpha value is -1.62. The van der Waals surface area contributed by atoms with Crippen molar-refractivity contribution in [2.24, 2.45) is 5.92 Å². The maximum Gasteiger partial charge on any atom is 0.410 e. The Bertz CT molecular complexity index is 612. The number of rotatable bonds is 2. The van der Waals surface area contributed by atoms with Crippen LogP contribution in [0.25, 0.3) is 0 Å². The van der Waals surface area contributed by atoms with Gasteiger partial charge in [-0.25, -0.2) is 9.18 Å². The Labute approximate surface area is 140 Å². The second-order valence-electron chi connectivity index (χ2n) is 6.76. The van der Waals surface area contributed by atoms with Gasteiger partial charge >= 0.3 is 6.09 Å². The molecule has 0 radical (unpaired) electrons. The van der Waals surface area contributed by atoms with Crippen LogP contribution in [0.5, 0.6) is 0 Å². The van der Waals surface area contributed by atoms with Crippen molar-refractivity contribution in [3.05, 3.63) is 34.6 Å². The first-order valence-electron chi connectivity index (χ1n) is 7.64. The van der Waals surface area contributed by atoms with Crippen molar-refractivity contribution in [2.45, 2.75) is 39.2 Å². The van der Waals surface area contributed by atoms with Crippen LogP contribution in [0.3, 0.4) is 0 Å². The monoisotopic (exact) mass is 341 g/mol. The third kappa shape index (κ3) is 4.67. The lowest BCUT2D eigenvalue weighted by Gasteiger charge is -2.33. The Balaban J connectivity index is 2.07. The number of amides is 1. The number of ketones is 1. The molecule has 1 aromatic rings. The summed E-state index contributed by atoms with van der Waals surface area (Å²) < 4.78 is 18.6. The van der Waals surface area contributed by atoms with Gasteiger partial charge in [0, 0.05) is 24.6 Å². The number of hydrogen-bond acceptors (Lipinski definition) is 3. The zero-order valence-corrected chi connectivity index (χ0v) is 14.3. The van der Waals surface area contributed by atoms with Gasteiger partial charge in [0.25, 0.3) is 0 Å². The molecule has 1 aliphatic heterocycles. The van der Waals surface area contributed by atoms with Crippen LogP contribution in [-0.2, 0) is 4.74 Å². The maximum absolute atomic E-state index is 13.2. The Kier molecular flexibility index (Phi) is 5.30. The Morgan fingerprint density at radius 3 is 2.65 bits per heavy atom. The maximum atomic E-state index is 13.2. The molecular weight excluding hydrogens is 321 g/mol. The van der Waals surface area contributed by atoms with Crippen LogP contribution in [-0.4, -0.2) is 35.5 Å². The van der Waals surface area contributed by atoms with Crippen LogP contribution >= 0.6 is 11.6 Å². The minimum absolute atomic E-state index is 0.0735. The lowest BCUT2D eigenvalue weighted by Crippen LogP contribution is -2.44. The topological polar surface area (TPSA) is 46.6 Å². The molecule has 0 aromatic heterocycles. The Morgan fingerprint density at radius 1 is 1.35 bits per heavy atom. The first-order valence-corrected chi connectivity index (χ1v) is 8.02. The highest BCUT2D eigenvalue weighted by molar-refractivity contribution is 6.31. The van der Waals surface area contributed by atoms with E-state index in [9.17, 15) is 14.0 Å². The summed E-state index contributed by atoms with van der Waals surface area (Å²) in [7, 11) is 0. The summed E-state index contributed by atoms with van der Waals surface area (Å²) >= 11 is 5.74. The zero-order valence-electron chi connectivity index (χ0n) is 13.6. The molecule has 0 spiro atoms. The first kappa shape index (κ1) is 17.7. The van der Waals surface area contributed by atoms with Crippen molar-refractivity contribution in [3.8, 4) is 0 Å². The second-order valence-corrected chi connectivity index (χ2v) is 7.17. The lowest BCUT2D eigenvalue weighted by atomic mass is 9.90. The number of hydrogen-bond donors (Lipinski definition) is 0. The van der Waals surface area contributed by atoms with Gasteiger partial charge in [-0.1, -0.05) is 11.6 Å². The van der Waals surface area contributed by atoms with Gasteiger partial charge in [0.2, 0.25) is 0 Å². The third-order valence-electron chi connectivity index (χ3n) is 3.65. The van der Waals surface area contributed by atoms with Crippen LogP contribution in [0, 0.1) is 11.7 Å². The molecule has 2 rings (SSSR count). The van der Waals surface area contributed by atoms with Gasteiger partial charge in [-0.05, 0) is 51.8 Å². The van der Waals surface area contributed by atoms with E-state index in [0.717, 1.165) is 6.42 Å². The van der Waals surface area contributed by atoms with Crippen molar-refractivity contribution >= 4 is 23.5 Å². The summed E-state index contributed by atoms with van der Waals surface area (Å²) in [6.45, 7) is 6.29. The van der Waals surface area contributed by atoms with E-state index in [0.29, 0.717) is 25.1 Å². The fourth-order valence-corrected chi connectivity index (χ4v) is 2.75. The van der Waals surface area contributed by atoms with Crippen molar-refractivity contribution in [2.75, 3.05) is 13.1 Å². The summed E-state index contributed by atoms with van der Waals surface area (Å²) in [5.41, 5.74) is -0.203. The van der Waals surface area contributed by atoms with Crippen LogP contribution in [0.1, 0.15) is 44.0 Å². The molecular formula is C17H21ClFNO3. The second kappa shape index (κ2) is 6.87. The van der Waals surface area contributed by atoms with E-state index in [1.807, 2.05) is 0 Å². The molecule has 0 aliphatic carbocycles. The van der Waals surface area contributed by atoms with Gasteiger partial charge in [0.15, 0.2) is 5.78 Å². The number of Topliss-reactive ketones (excluding diaryl/α,β-unsaturated/α-hetero) is 1. The molecule has 6 heteroatoms. The smallest absolute Gasteiger partial charge is 0.410 e. The molecule has 126 valence electrons. The SMILES string of the molecule is CC(C)(C)OC(=O)N1CCCC(C(=O)c2ccc(F)c(Cl)c2)C1. The standard InChI is InChI=1S/C17H21ClFNO3/c1-17(2,3)23-16(22)20-8-4-5-12(10-20)15(21)11-6-7-14(19)13(18)9-11/h6-7,9,12H,4-5,8,10H2,1-3H3. The number of benzene rings is 1. The molecule has 1 fully saturated rings. The van der Waals surface area contributed by atoms with Crippen LogP contribution in [0.15, 0.2) is 18.2 Å². The third-order valence-corrected chi connectivity index (χ3v) is 3.94. The van der Waals surface area contributed by atoms with E-state index in [2.05, 4.69) is 0 Å². The molecule has 1 aliphatic rings. The fraction of sp³-hybridized carbons (Fsp3) is 0.529. The number of likely N-dealkylation sites (tertiary alicyclic amines) is 1. The number of nitrogens with zero attached hydrogens (tertiary/aromatic N) is 1. The van der Waals surface area contributed by atoms with Crippen molar-refractivity contribution in [3.63, 3.8) is 0 Å². The molecule has 0 N–H and O–H groups in total. The number of carbonyl (C=O) groups is 2. The van der Waals surface area contributed by atoms with Gasteiger partial charge in [0.05, 0.1) is 5.02 Å². The number of ether oxygens (including phenoxy) is 1. The average molecular weight is 342 g/mol. The van der Waals surface area contributed by atoms with Crippen molar-refractivity contribution < 1.29 is 18.7 Å². The van der Waals surface area contributed by atoms with Crippen LogP contribution in [0.4, 0.5) is 9.18 Å². The quantitative estimate of drug-likeness (QED) is 0.753. The summed E-state index contributed by atoms with van der Waals surface area (Å²) in [5, 5.41) is -0.0735. The van der Waals surface area contributed by atoms with E-state index in [1.54, 1.807) is 25.7 Å². The highest BCUT2D eigenvalue weighted by atomic mass is 35.5. The van der Waals surface area contributed by atoms with Gasteiger partial charge in [0.1, 0.15) is 11.4 Å². The average Bonchev–Trinajstić information content (AvgIpc) is 2.48. The normalized spacial score (nSPS) is 18.7. The summed E-state index contributed by atoms with van der Waals surface area (Å²) in [6.07, 6.45) is 1.00. The molecule has 23 heavy (non-hydrogen) atoms. The molecule has 1 aromatic carbocycles. The van der Waals surface area contributed by atoms with Gasteiger partial charge in [-0.15, -0.1) is 0 Å². The van der Waals surface area contributed by atoms with Crippen molar-refractivity contribution in [1.82, 2.24) is 4.90 Å². The van der Waals surface area contributed by atoms with Crippen LogP contribution in [0.2, 0.25) is 5.02 Å². The van der Waals surface area contributed by atoms with Crippen LogP contribution < -0.4 is 0 Å².